The Hall–Kier alpha value is -0.754. The van der Waals surface area contributed by atoms with Crippen LogP contribution in [0.2, 0.25) is 24.1 Å². The van der Waals surface area contributed by atoms with Gasteiger partial charge in [0.25, 0.3) is 0 Å². The third-order valence-corrected chi connectivity index (χ3v) is 16.0. The van der Waals surface area contributed by atoms with Crippen molar-refractivity contribution in [3.05, 3.63) is 30.3 Å². The Balaban J connectivity index is 2.57. The fourth-order valence-electron chi connectivity index (χ4n) is 4.03. The van der Waals surface area contributed by atoms with Crippen LogP contribution < -0.4 is 4.46 Å². The predicted molar refractivity (Wildman–Crippen MR) is 136 cm³/mol. The molecule has 2 rings (SSSR count). The van der Waals surface area contributed by atoms with Gasteiger partial charge in [-0.1, -0.05) is 0 Å². The van der Waals surface area contributed by atoms with Gasteiger partial charge in [-0.2, -0.15) is 0 Å². The van der Waals surface area contributed by atoms with Crippen LogP contribution in [-0.2, 0) is 38.1 Å². The number of esters is 1. The monoisotopic (exact) mass is 600 g/mol. The first-order valence-corrected chi connectivity index (χ1v) is 19.9. The molecule has 1 aliphatic rings. The normalized spacial score (nSPS) is 21.6. The predicted octanol–water partition coefficient (Wildman–Crippen LogP) is 2.21. The SMILES string of the molecule is CC(C)(C)OC(=O)[C@H]1[C@@H]([C@@H]([Se]c2ccccc2)[Si](C)(C)C)C1(COS(C)(=O)=O)COS(C)(=O)=O. The van der Waals surface area contributed by atoms with Crippen molar-refractivity contribution in [1.29, 1.82) is 0 Å². The molecule has 8 nitrogen and oxygen atoms in total. The molecule has 0 N–H and O–H groups in total. The van der Waals surface area contributed by atoms with Gasteiger partial charge in [0, 0.05) is 0 Å². The summed E-state index contributed by atoms with van der Waals surface area (Å²) in [6.45, 7) is 11.2. The van der Waals surface area contributed by atoms with Crippen LogP contribution in [0.25, 0.3) is 0 Å². The van der Waals surface area contributed by atoms with E-state index < -0.39 is 51.2 Å². The van der Waals surface area contributed by atoms with E-state index in [4.69, 9.17) is 13.1 Å². The van der Waals surface area contributed by atoms with Crippen molar-refractivity contribution in [3.63, 3.8) is 0 Å². The summed E-state index contributed by atoms with van der Waals surface area (Å²) in [6.07, 6.45) is 1.86. The van der Waals surface area contributed by atoms with Gasteiger partial charge in [0.15, 0.2) is 0 Å². The van der Waals surface area contributed by atoms with Crippen molar-refractivity contribution in [1.82, 2.24) is 0 Å². The van der Waals surface area contributed by atoms with E-state index in [1.807, 2.05) is 30.3 Å². The molecule has 1 aromatic carbocycles. The molecule has 0 aromatic heterocycles. The summed E-state index contributed by atoms with van der Waals surface area (Å²) in [6, 6.07) is 9.94. The Bertz CT molecular complexity index is 1040. The fourth-order valence-corrected chi connectivity index (χ4v) is 12.3. The number of ether oxygens (including phenoxy) is 1. The number of carbonyl (C=O) groups is 1. The van der Waals surface area contributed by atoms with Crippen LogP contribution in [0.3, 0.4) is 0 Å². The minimum atomic E-state index is -3.84. The fraction of sp³-hybridized carbons (Fsp3) is 0.682. The van der Waals surface area contributed by atoms with Crippen LogP contribution in [0.4, 0.5) is 0 Å². The van der Waals surface area contributed by atoms with Gasteiger partial charge < -0.3 is 0 Å². The second-order valence-corrected chi connectivity index (χ2v) is 23.0. The van der Waals surface area contributed by atoms with E-state index in [9.17, 15) is 21.6 Å². The molecule has 1 fully saturated rings. The topological polar surface area (TPSA) is 113 Å². The van der Waals surface area contributed by atoms with Gasteiger partial charge in [0.05, 0.1) is 0 Å². The quantitative estimate of drug-likeness (QED) is 0.216. The van der Waals surface area contributed by atoms with Crippen LogP contribution in [-0.4, -0.2) is 77.2 Å². The Kier molecular flexibility index (Phi) is 8.94. The summed E-state index contributed by atoms with van der Waals surface area (Å²) in [5.41, 5.74) is -1.89. The van der Waals surface area contributed by atoms with Crippen molar-refractivity contribution in [3.8, 4) is 0 Å². The number of benzene rings is 1. The number of hydrogen-bond acceptors (Lipinski definition) is 8. The molecule has 0 amide bonds. The average molecular weight is 600 g/mol. The van der Waals surface area contributed by atoms with Crippen molar-refractivity contribution in [2.75, 3.05) is 25.7 Å². The molecule has 1 aliphatic carbocycles. The molecular formula is C22H36O8S2SeSi. The van der Waals surface area contributed by atoms with E-state index in [2.05, 4.69) is 19.6 Å². The molecule has 0 spiro atoms. The van der Waals surface area contributed by atoms with Crippen molar-refractivity contribution < 1.29 is 34.7 Å². The van der Waals surface area contributed by atoms with E-state index >= 15 is 0 Å². The van der Waals surface area contributed by atoms with Crippen LogP contribution in [0.1, 0.15) is 20.8 Å². The summed E-state index contributed by atoms with van der Waals surface area (Å²) in [4.78, 5) is 13.4. The molecule has 0 unspecified atom stereocenters. The third-order valence-electron chi connectivity index (χ3n) is 5.46. The molecule has 12 heteroatoms. The first-order chi connectivity index (χ1) is 15.3. The average Bonchev–Trinajstić information content (AvgIpc) is 3.29. The van der Waals surface area contributed by atoms with Gasteiger partial charge in [-0.15, -0.1) is 0 Å². The van der Waals surface area contributed by atoms with E-state index in [1.165, 1.54) is 0 Å². The molecule has 1 aromatic rings. The summed E-state index contributed by atoms with van der Waals surface area (Å²) in [5.74, 6) is -1.56. The van der Waals surface area contributed by atoms with Crippen LogP contribution in [0.15, 0.2) is 30.3 Å². The van der Waals surface area contributed by atoms with Gasteiger partial charge in [-0.3, -0.25) is 0 Å². The Morgan fingerprint density at radius 3 is 1.85 bits per heavy atom. The maximum atomic E-state index is 13.4. The van der Waals surface area contributed by atoms with Gasteiger partial charge in [-0.25, -0.2) is 0 Å². The first-order valence-electron chi connectivity index (χ1n) is 10.9. The Labute approximate surface area is 211 Å². The van der Waals surface area contributed by atoms with E-state index in [1.54, 1.807) is 20.8 Å². The zero-order valence-corrected chi connectivity index (χ0v) is 25.4. The molecular weight excluding hydrogens is 563 g/mol. The number of rotatable bonds is 11. The standard InChI is InChI=1S/C22H36O8S2SeSi/c1-21(2,3)30-19(23)17-18(20(34(6,7)8)33-16-12-10-9-11-13-16)22(17,14-28-31(4,24)25)15-29-32(5,26)27/h9-13,17-18,20H,14-15H2,1-8H3/t17-,18+,20+/m1/s1. The number of carbonyl (C=O) groups excluding carboxylic acids is 1. The molecule has 0 saturated heterocycles. The molecule has 0 heterocycles. The zero-order chi connectivity index (χ0) is 26.2. The summed E-state index contributed by atoms with van der Waals surface area (Å²) in [7, 11) is -9.62. The summed E-state index contributed by atoms with van der Waals surface area (Å²) >= 11 is -0.0470. The van der Waals surface area contributed by atoms with Crippen LogP contribution >= 0.6 is 0 Å². The number of hydrogen-bond donors (Lipinski definition) is 0. The molecule has 194 valence electrons. The third kappa shape index (κ3) is 8.43. The van der Waals surface area contributed by atoms with Crippen molar-refractivity contribution in [2.45, 2.75) is 50.5 Å². The van der Waals surface area contributed by atoms with Crippen molar-refractivity contribution in [2.24, 2.45) is 17.3 Å². The first kappa shape index (κ1) is 29.5. The van der Waals surface area contributed by atoms with E-state index in [0.29, 0.717) is 0 Å². The van der Waals surface area contributed by atoms with Crippen LogP contribution in [0, 0.1) is 17.3 Å². The molecule has 3 atom stereocenters. The minimum absolute atomic E-state index is 0.0470. The Morgan fingerprint density at radius 1 is 1.00 bits per heavy atom. The maximum absolute atomic E-state index is 13.4. The van der Waals surface area contributed by atoms with Crippen molar-refractivity contribution >= 4 is 53.7 Å². The Morgan fingerprint density at radius 2 is 1.47 bits per heavy atom. The molecule has 0 aliphatic heterocycles. The second-order valence-electron chi connectivity index (χ2n) is 10.9. The van der Waals surface area contributed by atoms with Gasteiger partial charge in [-0.05, 0) is 0 Å². The van der Waals surface area contributed by atoms with E-state index in [0.717, 1.165) is 17.0 Å². The van der Waals surface area contributed by atoms with Gasteiger partial charge in [0.1, 0.15) is 0 Å². The molecule has 0 bridgehead atoms. The molecule has 0 radical (unpaired) electrons. The van der Waals surface area contributed by atoms with E-state index in [-0.39, 0.29) is 38.5 Å². The second kappa shape index (κ2) is 10.3. The molecule has 34 heavy (non-hydrogen) atoms. The zero-order valence-electron chi connectivity index (χ0n) is 21.0. The van der Waals surface area contributed by atoms with Gasteiger partial charge in [0.2, 0.25) is 0 Å². The summed E-state index contributed by atoms with van der Waals surface area (Å²) in [5, 5.41) is 0. The van der Waals surface area contributed by atoms with Gasteiger partial charge >= 0.3 is 212 Å². The molecule has 1 saturated carbocycles. The van der Waals surface area contributed by atoms with Crippen LogP contribution in [0.5, 0.6) is 0 Å². The summed E-state index contributed by atoms with van der Waals surface area (Å²) < 4.78 is 64.9.